The third kappa shape index (κ3) is 1.70. The third-order valence-corrected chi connectivity index (χ3v) is 2.67. The molecule has 1 aliphatic heterocycles. The van der Waals surface area contributed by atoms with E-state index in [9.17, 15) is 5.11 Å². The molecule has 0 saturated carbocycles. The molecule has 4 heteroatoms. The molecule has 2 rings (SSSR count). The number of rotatable bonds is 1. The lowest BCUT2D eigenvalue weighted by atomic mass is 10.3. The Bertz CT molecular complexity index is 340. The zero-order chi connectivity index (χ0) is 10.1. The number of aliphatic hydroxyl groups is 1. The summed E-state index contributed by atoms with van der Waals surface area (Å²) in [5.74, 6) is 0.879. The first-order valence-corrected chi connectivity index (χ1v) is 4.90. The first-order valence-electron chi connectivity index (χ1n) is 4.90. The number of anilines is 1. The van der Waals surface area contributed by atoms with Crippen molar-refractivity contribution >= 4 is 5.82 Å². The first-order chi connectivity index (χ1) is 6.66. The number of aromatic nitrogens is 2. The molecule has 0 radical (unpaired) electrons. The molecule has 76 valence electrons. The van der Waals surface area contributed by atoms with Gasteiger partial charge >= 0.3 is 0 Å². The van der Waals surface area contributed by atoms with Gasteiger partial charge in [0.2, 0.25) is 0 Å². The second kappa shape index (κ2) is 3.53. The van der Waals surface area contributed by atoms with Crippen molar-refractivity contribution in [3.05, 3.63) is 17.6 Å². The maximum absolute atomic E-state index is 9.39. The summed E-state index contributed by atoms with van der Waals surface area (Å²) >= 11 is 0. The molecule has 1 saturated heterocycles. The van der Waals surface area contributed by atoms with Crippen LogP contribution in [0.15, 0.2) is 6.20 Å². The largest absolute Gasteiger partial charge is 0.391 e. The van der Waals surface area contributed by atoms with Crippen LogP contribution in [-0.4, -0.2) is 34.3 Å². The van der Waals surface area contributed by atoms with Crippen LogP contribution in [0.25, 0.3) is 0 Å². The molecule has 0 amide bonds. The highest BCUT2D eigenvalue weighted by Gasteiger charge is 2.21. The zero-order valence-corrected chi connectivity index (χ0v) is 8.56. The number of hydrogen-bond acceptors (Lipinski definition) is 4. The highest BCUT2D eigenvalue weighted by Crippen LogP contribution is 2.17. The molecule has 0 spiro atoms. The van der Waals surface area contributed by atoms with E-state index in [-0.39, 0.29) is 6.10 Å². The van der Waals surface area contributed by atoms with Crippen LogP contribution in [0.2, 0.25) is 0 Å². The number of aryl methyl sites for hydroxylation is 2. The van der Waals surface area contributed by atoms with Crippen LogP contribution in [0.4, 0.5) is 5.82 Å². The Morgan fingerprint density at radius 1 is 1.43 bits per heavy atom. The molecule has 4 nitrogen and oxygen atoms in total. The molecular formula is C10H15N3O. The van der Waals surface area contributed by atoms with Gasteiger partial charge in [0.25, 0.3) is 0 Å². The molecule has 1 N–H and O–H groups in total. The topological polar surface area (TPSA) is 49.2 Å². The normalized spacial score (nSPS) is 21.6. The van der Waals surface area contributed by atoms with E-state index in [1.807, 2.05) is 13.8 Å². The van der Waals surface area contributed by atoms with Crippen molar-refractivity contribution < 1.29 is 5.11 Å². The van der Waals surface area contributed by atoms with E-state index in [1.165, 1.54) is 0 Å². The first kappa shape index (κ1) is 9.40. The smallest absolute Gasteiger partial charge is 0.147 e. The fourth-order valence-electron chi connectivity index (χ4n) is 1.63. The number of nitrogens with zero attached hydrogens (tertiary/aromatic N) is 3. The van der Waals surface area contributed by atoms with Gasteiger partial charge in [-0.1, -0.05) is 0 Å². The molecule has 0 aromatic carbocycles. The molecule has 2 heterocycles. The van der Waals surface area contributed by atoms with Crippen molar-refractivity contribution in [2.24, 2.45) is 0 Å². The summed E-state index contributed by atoms with van der Waals surface area (Å²) in [5.41, 5.74) is 1.93. The van der Waals surface area contributed by atoms with Crippen molar-refractivity contribution in [3.8, 4) is 0 Å². The Labute approximate surface area is 83.6 Å². The Hall–Kier alpha value is -1.16. The fourth-order valence-corrected chi connectivity index (χ4v) is 1.63. The average molecular weight is 193 g/mol. The zero-order valence-electron chi connectivity index (χ0n) is 8.56. The van der Waals surface area contributed by atoms with Gasteiger partial charge in [-0.25, -0.2) is 4.98 Å². The molecule has 14 heavy (non-hydrogen) atoms. The van der Waals surface area contributed by atoms with Crippen LogP contribution in [0.1, 0.15) is 17.8 Å². The van der Waals surface area contributed by atoms with Crippen molar-refractivity contribution in [3.63, 3.8) is 0 Å². The van der Waals surface area contributed by atoms with Crippen molar-refractivity contribution in [1.29, 1.82) is 0 Å². The quantitative estimate of drug-likeness (QED) is 0.712. The summed E-state index contributed by atoms with van der Waals surface area (Å²) in [6.45, 7) is 5.46. The van der Waals surface area contributed by atoms with Gasteiger partial charge in [-0.05, 0) is 20.3 Å². The Morgan fingerprint density at radius 2 is 2.21 bits per heavy atom. The van der Waals surface area contributed by atoms with E-state index in [0.29, 0.717) is 6.54 Å². The Balaban J connectivity index is 2.20. The Morgan fingerprint density at radius 3 is 2.79 bits per heavy atom. The van der Waals surface area contributed by atoms with Crippen LogP contribution in [0.5, 0.6) is 0 Å². The van der Waals surface area contributed by atoms with Gasteiger partial charge in [-0.3, -0.25) is 4.98 Å². The van der Waals surface area contributed by atoms with E-state index in [2.05, 4.69) is 14.9 Å². The predicted molar refractivity (Wildman–Crippen MR) is 54.3 cm³/mol. The summed E-state index contributed by atoms with van der Waals surface area (Å²) in [5, 5.41) is 9.39. The number of hydrogen-bond donors (Lipinski definition) is 1. The minimum atomic E-state index is -0.210. The molecule has 1 aromatic rings. The van der Waals surface area contributed by atoms with E-state index in [0.717, 1.165) is 30.2 Å². The van der Waals surface area contributed by atoms with Gasteiger partial charge < -0.3 is 10.0 Å². The van der Waals surface area contributed by atoms with Crippen LogP contribution in [0.3, 0.4) is 0 Å². The third-order valence-electron chi connectivity index (χ3n) is 2.67. The van der Waals surface area contributed by atoms with Crippen LogP contribution in [0, 0.1) is 13.8 Å². The van der Waals surface area contributed by atoms with Crippen LogP contribution < -0.4 is 4.90 Å². The van der Waals surface area contributed by atoms with Gasteiger partial charge in [0.15, 0.2) is 0 Å². The van der Waals surface area contributed by atoms with E-state index in [1.54, 1.807) is 6.20 Å². The lowest BCUT2D eigenvalue weighted by molar-refractivity contribution is 0.198. The van der Waals surface area contributed by atoms with Crippen LogP contribution >= 0.6 is 0 Å². The van der Waals surface area contributed by atoms with Crippen molar-refractivity contribution in [2.45, 2.75) is 26.4 Å². The minimum Gasteiger partial charge on any atom is -0.391 e. The monoisotopic (exact) mass is 193 g/mol. The second-order valence-corrected chi connectivity index (χ2v) is 3.79. The summed E-state index contributed by atoms with van der Waals surface area (Å²) in [6.07, 6.45) is 2.40. The van der Waals surface area contributed by atoms with Gasteiger partial charge in [-0.2, -0.15) is 0 Å². The molecule has 0 bridgehead atoms. The standard InChI is InChI=1S/C10H15N3O/c1-7-8(2)12-10(5-11-7)13-4-3-9(14)6-13/h5,9,14H,3-4,6H2,1-2H3/t9-/m1/s1. The van der Waals surface area contributed by atoms with Gasteiger partial charge in [0, 0.05) is 13.1 Å². The summed E-state index contributed by atoms with van der Waals surface area (Å²) < 4.78 is 0. The molecule has 0 unspecified atom stereocenters. The maximum atomic E-state index is 9.39. The second-order valence-electron chi connectivity index (χ2n) is 3.79. The lowest BCUT2D eigenvalue weighted by Crippen LogP contribution is -2.22. The minimum absolute atomic E-state index is 0.210. The van der Waals surface area contributed by atoms with E-state index < -0.39 is 0 Å². The fraction of sp³-hybridized carbons (Fsp3) is 0.600. The number of β-amino-alcohol motifs (C(OH)–C–C–N with tert-alkyl or cyclic N) is 1. The summed E-state index contributed by atoms with van der Waals surface area (Å²) in [4.78, 5) is 10.8. The van der Waals surface area contributed by atoms with Gasteiger partial charge in [0.05, 0.1) is 23.7 Å². The highest BCUT2D eigenvalue weighted by atomic mass is 16.3. The average Bonchev–Trinajstić information content (AvgIpc) is 2.57. The van der Waals surface area contributed by atoms with Crippen LogP contribution in [-0.2, 0) is 0 Å². The lowest BCUT2D eigenvalue weighted by Gasteiger charge is -2.16. The SMILES string of the molecule is Cc1ncc(N2CC[C@@H](O)C2)nc1C. The molecular weight excluding hydrogens is 178 g/mol. The van der Waals surface area contributed by atoms with E-state index >= 15 is 0 Å². The highest BCUT2D eigenvalue weighted by molar-refractivity contribution is 5.38. The molecule has 1 aliphatic rings. The van der Waals surface area contributed by atoms with E-state index in [4.69, 9.17) is 0 Å². The van der Waals surface area contributed by atoms with Gasteiger partial charge in [0.1, 0.15) is 5.82 Å². The summed E-state index contributed by atoms with van der Waals surface area (Å²) in [7, 11) is 0. The molecule has 0 aliphatic carbocycles. The summed E-state index contributed by atoms with van der Waals surface area (Å²) in [6, 6.07) is 0. The molecule has 1 aromatic heterocycles. The van der Waals surface area contributed by atoms with Crippen molar-refractivity contribution in [1.82, 2.24) is 9.97 Å². The number of aliphatic hydroxyl groups excluding tert-OH is 1. The van der Waals surface area contributed by atoms with Gasteiger partial charge in [-0.15, -0.1) is 0 Å². The van der Waals surface area contributed by atoms with Crippen molar-refractivity contribution in [2.75, 3.05) is 18.0 Å². The Kier molecular flexibility index (Phi) is 2.37. The molecule has 1 fully saturated rings. The molecule has 1 atom stereocenters. The predicted octanol–water partition coefficient (Wildman–Crippen LogP) is 0.664. The maximum Gasteiger partial charge on any atom is 0.147 e.